The van der Waals surface area contributed by atoms with Gasteiger partial charge in [0.05, 0.1) is 0 Å². The Morgan fingerprint density at radius 2 is 1.05 bits per heavy atom. The Balaban J connectivity index is 0.000000748. The first kappa shape index (κ1) is 31.5. The van der Waals surface area contributed by atoms with Gasteiger partial charge in [0.25, 0.3) is 5.91 Å². The Hall–Kier alpha value is -3.46. The fraction of sp³-hybridized carbons (Fsp3) is 0.125. The molecule has 0 spiro atoms. The van der Waals surface area contributed by atoms with Crippen molar-refractivity contribution in [3.63, 3.8) is 0 Å². The number of carbonyl (C=O) groups excluding carboxylic acids is 1. The lowest BCUT2D eigenvalue weighted by atomic mass is 10.2. The van der Waals surface area contributed by atoms with E-state index in [4.69, 9.17) is 23.6 Å². The van der Waals surface area contributed by atoms with E-state index in [1.165, 1.54) is 15.9 Å². The number of nitrogens with zero attached hydrogens (tertiary/aromatic N) is 2. The molecule has 0 atom stereocenters. The predicted octanol–water partition coefficient (Wildman–Crippen LogP) is 1.16. The molecule has 0 saturated heterocycles. The van der Waals surface area contributed by atoms with Crippen LogP contribution in [0.2, 0.25) is 0 Å². The minimum atomic E-state index is -4.94. The molecule has 1 heterocycles. The quantitative estimate of drug-likeness (QED) is 0.240. The lowest BCUT2D eigenvalue weighted by Crippen LogP contribution is -2.68. The van der Waals surface area contributed by atoms with Crippen LogP contribution in [0.3, 0.4) is 0 Å². The SMILES string of the molecule is CCN(CC)C(=O)c1nc(-c2ccccc2)sc1[P+](c1ccccc1)(c1ccccc1)c1ccccc1.[O-][Cl+3]([O-])([O-])[O-]. The maximum absolute atomic E-state index is 14.1. The zero-order valence-corrected chi connectivity index (χ0v) is 25.6. The van der Waals surface area contributed by atoms with Crippen LogP contribution in [0.25, 0.3) is 10.6 Å². The van der Waals surface area contributed by atoms with E-state index in [2.05, 4.69) is 103 Å². The standard InChI is InChI=1S/C32H30N2OPS.ClHO4/c1-3-34(4-2)31(35)29-32(37-30(33-29)25-17-9-5-10-18-25)36(26-19-11-6-12-20-26,27-21-13-7-14-22-27)28-23-15-8-16-24-28;2-1(3,4)5/h5-24H,3-4H2,1-2H3;(H,2,3,4,5)/q+1;/p-1. The van der Waals surface area contributed by atoms with Gasteiger partial charge in [-0.1, -0.05) is 96.3 Å². The number of hydrogen-bond acceptors (Lipinski definition) is 7. The number of thiazole rings is 1. The molecule has 0 unspecified atom stereocenters. The van der Waals surface area contributed by atoms with Crippen molar-refractivity contribution in [1.82, 2.24) is 9.88 Å². The molecular weight excluding hydrogens is 591 g/mol. The predicted molar refractivity (Wildman–Crippen MR) is 160 cm³/mol. The Labute approximate surface area is 252 Å². The molecule has 1 amide bonds. The molecule has 1 aromatic heterocycles. The molecule has 216 valence electrons. The van der Waals surface area contributed by atoms with Crippen LogP contribution in [0, 0.1) is 10.2 Å². The van der Waals surface area contributed by atoms with Crippen molar-refractivity contribution in [1.29, 1.82) is 0 Å². The number of amides is 1. The highest BCUT2D eigenvalue weighted by atomic mass is 35.7. The third-order valence-electron chi connectivity index (χ3n) is 6.62. The van der Waals surface area contributed by atoms with Crippen LogP contribution in [0.4, 0.5) is 0 Å². The van der Waals surface area contributed by atoms with Crippen LogP contribution < -0.4 is 39.2 Å². The topological polar surface area (TPSA) is 125 Å². The van der Waals surface area contributed by atoms with E-state index in [0.29, 0.717) is 18.8 Å². The zero-order chi connectivity index (χ0) is 30.2. The molecule has 0 N–H and O–H groups in total. The van der Waals surface area contributed by atoms with Gasteiger partial charge < -0.3 is 4.90 Å². The minimum Gasteiger partial charge on any atom is -0.338 e. The minimum absolute atomic E-state index is 0.00870. The Kier molecular flexibility index (Phi) is 10.6. The van der Waals surface area contributed by atoms with E-state index in [0.717, 1.165) is 15.2 Å². The first-order valence-corrected chi connectivity index (χ1v) is 17.1. The molecule has 0 aliphatic heterocycles. The number of hydrogen-bond donors (Lipinski definition) is 0. The second kappa shape index (κ2) is 14.1. The molecule has 0 radical (unpaired) electrons. The van der Waals surface area contributed by atoms with Crippen molar-refractivity contribution < 1.29 is 33.7 Å². The van der Waals surface area contributed by atoms with E-state index < -0.39 is 17.5 Å². The van der Waals surface area contributed by atoms with Gasteiger partial charge in [-0.15, -0.1) is 10.2 Å². The normalized spacial score (nSPS) is 11.4. The van der Waals surface area contributed by atoms with Gasteiger partial charge in [0, 0.05) is 18.7 Å². The summed E-state index contributed by atoms with van der Waals surface area (Å²) in [5, 5.41) is 4.51. The molecule has 7 nitrogen and oxygen atoms in total. The number of halogens is 1. The Morgan fingerprint density at radius 3 is 1.40 bits per heavy atom. The van der Waals surface area contributed by atoms with Crippen LogP contribution in [0.1, 0.15) is 24.3 Å². The summed E-state index contributed by atoms with van der Waals surface area (Å²) < 4.78 is 35.0. The van der Waals surface area contributed by atoms with E-state index >= 15 is 0 Å². The van der Waals surface area contributed by atoms with Crippen LogP contribution in [-0.2, 0) is 0 Å². The van der Waals surface area contributed by atoms with Crippen LogP contribution in [0.5, 0.6) is 0 Å². The monoisotopic (exact) mass is 620 g/mol. The molecule has 0 saturated carbocycles. The highest BCUT2D eigenvalue weighted by Crippen LogP contribution is 2.56. The summed E-state index contributed by atoms with van der Waals surface area (Å²) in [5.41, 5.74) is 1.59. The number of aromatic nitrogens is 1. The van der Waals surface area contributed by atoms with Crippen molar-refractivity contribution in [3.05, 3.63) is 127 Å². The Bertz CT molecular complexity index is 1460. The van der Waals surface area contributed by atoms with Crippen molar-refractivity contribution >= 4 is 45.0 Å². The summed E-state index contributed by atoms with van der Waals surface area (Å²) in [7, 11) is -7.39. The second-order valence-electron chi connectivity index (χ2n) is 9.07. The van der Waals surface area contributed by atoms with Crippen molar-refractivity contribution in [2.45, 2.75) is 13.8 Å². The van der Waals surface area contributed by atoms with Gasteiger partial charge in [-0.05, 0) is 50.2 Å². The summed E-state index contributed by atoms with van der Waals surface area (Å²) in [4.78, 5) is 21.1. The van der Waals surface area contributed by atoms with Gasteiger partial charge in [0.15, 0.2) is 17.6 Å². The Morgan fingerprint density at radius 1 is 0.690 bits per heavy atom. The first-order valence-electron chi connectivity index (χ1n) is 13.2. The lowest BCUT2D eigenvalue weighted by molar-refractivity contribution is -2.00. The molecule has 42 heavy (non-hydrogen) atoms. The smallest absolute Gasteiger partial charge is 0.277 e. The summed E-state index contributed by atoms with van der Waals surface area (Å²) in [6.07, 6.45) is 0. The average Bonchev–Trinajstić information content (AvgIpc) is 3.45. The van der Waals surface area contributed by atoms with Gasteiger partial charge in [-0.25, -0.2) is 23.6 Å². The molecule has 5 rings (SSSR count). The zero-order valence-electron chi connectivity index (χ0n) is 23.1. The van der Waals surface area contributed by atoms with E-state index in [1.54, 1.807) is 11.3 Å². The largest absolute Gasteiger partial charge is 0.338 e. The van der Waals surface area contributed by atoms with E-state index in [9.17, 15) is 4.79 Å². The molecule has 0 fully saturated rings. The summed E-state index contributed by atoms with van der Waals surface area (Å²) in [6, 6.07) is 42.2. The number of benzene rings is 4. The molecule has 0 bridgehead atoms. The van der Waals surface area contributed by atoms with Crippen LogP contribution in [-0.4, -0.2) is 28.9 Å². The van der Waals surface area contributed by atoms with E-state index in [1.807, 2.05) is 36.9 Å². The van der Waals surface area contributed by atoms with Gasteiger partial charge in [-0.2, -0.15) is 0 Å². The molecule has 10 heteroatoms. The molecule has 0 aliphatic carbocycles. The first-order chi connectivity index (χ1) is 20.2. The van der Waals surface area contributed by atoms with Crippen molar-refractivity contribution in [3.8, 4) is 10.6 Å². The van der Waals surface area contributed by atoms with Crippen molar-refractivity contribution in [2.75, 3.05) is 13.1 Å². The molecule has 5 aromatic rings. The fourth-order valence-electron chi connectivity index (χ4n) is 4.80. The molecule has 0 aliphatic rings. The highest BCUT2D eigenvalue weighted by molar-refractivity contribution is 8.04. The fourth-order valence-corrected chi connectivity index (χ4v) is 11.3. The maximum atomic E-state index is 14.1. The third kappa shape index (κ3) is 7.12. The molecule has 4 aromatic carbocycles. The summed E-state index contributed by atoms with van der Waals surface area (Å²) >= 11 is 1.66. The number of carbonyl (C=O) groups is 1. The second-order valence-corrected chi connectivity index (χ2v) is 14.5. The molecular formula is C32H30ClN2O5PS. The van der Waals surface area contributed by atoms with Crippen molar-refractivity contribution in [2.24, 2.45) is 0 Å². The lowest BCUT2D eigenvalue weighted by Gasteiger charge is -2.27. The summed E-state index contributed by atoms with van der Waals surface area (Å²) in [5.74, 6) is -0.00870. The van der Waals surface area contributed by atoms with Crippen LogP contribution in [0.15, 0.2) is 121 Å². The highest BCUT2D eigenvalue weighted by Gasteiger charge is 2.52. The maximum Gasteiger partial charge on any atom is 0.277 e. The summed E-state index contributed by atoms with van der Waals surface area (Å²) in [6.45, 7) is 5.33. The van der Waals surface area contributed by atoms with Gasteiger partial charge in [0.2, 0.25) is 0 Å². The van der Waals surface area contributed by atoms with Gasteiger partial charge in [0.1, 0.15) is 20.9 Å². The van der Waals surface area contributed by atoms with Gasteiger partial charge in [-0.3, -0.25) is 4.79 Å². The van der Waals surface area contributed by atoms with E-state index in [-0.39, 0.29) is 5.91 Å². The van der Waals surface area contributed by atoms with Crippen LogP contribution >= 0.6 is 18.6 Å². The van der Waals surface area contributed by atoms with Gasteiger partial charge >= 0.3 is 0 Å². The third-order valence-corrected chi connectivity index (χ3v) is 12.7. The average molecular weight is 621 g/mol. The number of rotatable bonds is 8.